The number of hydrogen-bond acceptors (Lipinski definition) is 5. The predicted octanol–water partition coefficient (Wildman–Crippen LogP) is 6.03. The summed E-state index contributed by atoms with van der Waals surface area (Å²) in [5.74, 6) is -2.70. The number of nitrogens with zero attached hydrogens (tertiary/aromatic N) is 2. The molecule has 2 aromatic heterocycles. The summed E-state index contributed by atoms with van der Waals surface area (Å²) in [5, 5.41) is 6.13. The first-order valence-electron chi connectivity index (χ1n) is 10.6. The first-order chi connectivity index (χ1) is 16.4. The Hall–Kier alpha value is -4.08. The number of fused-ring (bicyclic) bond motifs is 1. The van der Waals surface area contributed by atoms with Crippen molar-refractivity contribution >= 4 is 22.7 Å². The normalized spacial score (nSPS) is 11.7. The molecule has 0 saturated carbocycles. The lowest BCUT2D eigenvalue weighted by Crippen LogP contribution is -2.27. The molecule has 0 aliphatic carbocycles. The summed E-state index contributed by atoms with van der Waals surface area (Å²) in [7, 11) is 0. The van der Waals surface area contributed by atoms with Crippen molar-refractivity contribution < 1.29 is 27.2 Å². The van der Waals surface area contributed by atoms with Crippen LogP contribution in [0, 0.1) is 31.3 Å². The molecule has 35 heavy (non-hydrogen) atoms. The van der Waals surface area contributed by atoms with Crippen LogP contribution in [-0.2, 0) is 4.74 Å². The van der Waals surface area contributed by atoms with Crippen molar-refractivity contribution in [2.24, 2.45) is 0 Å². The fraction of sp³-hybridized carbons (Fsp3) is 0.240. The van der Waals surface area contributed by atoms with Gasteiger partial charge in [0.05, 0.1) is 22.6 Å². The quantitative estimate of drug-likeness (QED) is 0.383. The summed E-state index contributed by atoms with van der Waals surface area (Å²) in [4.78, 5) is 24.6. The van der Waals surface area contributed by atoms with Crippen LogP contribution < -0.4 is 10.7 Å². The van der Waals surface area contributed by atoms with Crippen LogP contribution in [0.3, 0.4) is 0 Å². The predicted molar refractivity (Wildman–Crippen MR) is 124 cm³/mol. The van der Waals surface area contributed by atoms with Crippen molar-refractivity contribution in [3.63, 3.8) is 0 Å². The Morgan fingerprint density at radius 2 is 1.77 bits per heavy atom. The molecule has 2 heterocycles. The minimum absolute atomic E-state index is 0.0223. The van der Waals surface area contributed by atoms with E-state index in [4.69, 9.17) is 9.26 Å². The van der Waals surface area contributed by atoms with Gasteiger partial charge in [0.2, 0.25) is 5.43 Å². The molecule has 10 heteroatoms. The number of carbonyl (C=O) groups is 1. The highest BCUT2D eigenvalue weighted by Crippen LogP contribution is 2.31. The Balaban J connectivity index is 1.92. The zero-order valence-electron chi connectivity index (χ0n) is 19.6. The van der Waals surface area contributed by atoms with E-state index in [0.717, 1.165) is 16.8 Å². The Kier molecular flexibility index (Phi) is 5.92. The van der Waals surface area contributed by atoms with Crippen LogP contribution in [0.2, 0.25) is 0 Å². The number of nitrogens with one attached hydrogen (secondary N) is 1. The van der Waals surface area contributed by atoms with Crippen LogP contribution in [0.1, 0.15) is 32.2 Å². The van der Waals surface area contributed by atoms with Crippen LogP contribution >= 0.6 is 0 Å². The number of amides is 1. The van der Waals surface area contributed by atoms with Crippen molar-refractivity contribution in [2.75, 3.05) is 5.32 Å². The van der Waals surface area contributed by atoms with Gasteiger partial charge < -0.3 is 13.8 Å². The van der Waals surface area contributed by atoms with E-state index < -0.39 is 34.6 Å². The molecule has 182 valence electrons. The van der Waals surface area contributed by atoms with Gasteiger partial charge in [-0.05, 0) is 58.4 Å². The Bertz CT molecular complexity index is 1510. The van der Waals surface area contributed by atoms with E-state index in [1.807, 2.05) is 0 Å². The van der Waals surface area contributed by atoms with Crippen LogP contribution in [0.4, 0.5) is 23.7 Å². The van der Waals surface area contributed by atoms with Crippen molar-refractivity contribution in [1.82, 2.24) is 9.72 Å². The molecule has 0 saturated heterocycles. The van der Waals surface area contributed by atoms with E-state index in [2.05, 4.69) is 10.5 Å². The molecule has 4 aromatic rings. The number of carbonyl (C=O) groups excluding carboxylic acids is 1. The van der Waals surface area contributed by atoms with Gasteiger partial charge in [-0.3, -0.25) is 10.1 Å². The second-order valence-electron chi connectivity index (χ2n) is 9.02. The highest BCUT2D eigenvalue weighted by Gasteiger charge is 2.21. The van der Waals surface area contributed by atoms with Gasteiger partial charge in [0.25, 0.3) is 0 Å². The summed E-state index contributed by atoms with van der Waals surface area (Å²) in [6.07, 6.45) is -0.138. The van der Waals surface area contributed by atoms with Gasteiger partial charge in [-0.2, -0.15) is 0 Å². The summed E-state index contributed by atoms with van der Waals surface area (Å²) in [6.45, 7) is 8.34. The van der Waals surface area contributed by atoms with E-state index in [-0.39, 0.29) is 22.3 Å². The molecule has 0 unspecified atom stereocenters. The minimum Gasteiger partial charge on any atom is -0.444 e. The number of aromatic nitrogens is 2. The van der Waals surface area contributed by atoms with Gasteiger partial charge in [0.1, 0.15) is 23.0 Å². The highest BCUT2D eigenvalue weighted by molar-refractivity contribution is 5.88. The SMILES string of the molecule is Cc1noc(C)c1-c1ccc2c(=O)c(F)cn(-c3cc(NC(=O)OC(C)(C)C)c(F)cc3F)c2c1. The van der Waals surface area contributed by atoms with E-state index in [9.17, 15) is 22.8 Å². The maximum Gasteiger partial charge on any atom is 0.412 e. The average molecular weight is 485 g/mol. The van der Waals surface area contributed by atoms with Crippen molar-refractivity contribution in [2.45, 2.75) is 40.2 Å². The Morgan fingerprint density at radius 1 is 1.06 bits per heavy atom. The zero-order valence-corrected chi connectivity index (χ0v) is 19.6. The fourth-order valence-electron chi connectivity index (χ4n) is 3.77. The zero-order chi connectivity index (χ0) is 25.7. The van der Waals surface area contributed by atoms with Crippen LogP contribution in [0.5, 0.6) is 0 Å². The molecule has 0 atom stereocenters. The third-order valence-electron chi connectivity index (χ3n) is 5.21. The number of ether oxygens (including phenoxy) is 1. The van der Waals surface area contributed by atoms with E-state index in [1.165, 1.54) is 6.07 Å². The highest BCUT2D eigenvalue weighted by atomic mass is 19.1. The average Bonchev–Trinajstić information content (AvgIpc) is 3.09. The molecule has 0 fully saturated rings. The smallest absolute Gasteiger partial charge is 0.412 e. The molecular formula is C25H22F3N3O4. The van der Waals surface area contributed by atoms with Crippen LogP contribution in [0.25, 0.3) is 27.7 Å². The van der Waals surface area contributed by atoms with Gasteiger partial charge in [-0.1, -0.05) is 11.2 Å². The van der Waals surface area contributed by atoms with Crippen LogP contribution in [0.15, 0.2) is 45.8 Å². The van der Waals surface area contributed by atoms with Crippen molar-refractivity contribution in [1.29, 1.82) is 0 Å². The van der Waals surface area contributed by atoms with Gasteiger partial charge in [-0.25, -0.2) is 18.0 Å². The number of benzene rings is 2. The molecule has 0 radical (unpaired) electrons. The monoisotopic (exact) mass is 485 g/mol. The second kappa shape index (κ2) is 8.61. The molecule has 0 bridgehead atoms. The molecule has 4 rings (SSSR count). The Labute approximate surface area is 198 Å². The number of rotatable bonds is 3. The lowest BCUT2D eigenvalue weighted by molar-refractivity contribution is 0.0635. The summed E-state index contributed by atoms with van der Waals surface area (Å²) >= 11 is 0. The third kappa shape index (κ3) is 4.64. The van der Waals surface area contributed by atoms with Crippen molar-refractivity contribution in [3.05, 3.63) is 75.7 Å². The summed E-state index contributed by atoms with van der Waals surface area (Å²) < 4.78 is 55.4. The Morgan fingerprint density at radius 3 is 2.40 bits per heavy atom. The van der Waals surface area contributed by atoms with E-state index in [0.29, 0.717) is 28.6 Å². The summed E-state index contributed by atoms with van der Waals surface area (Å²) in [5.41, 5.74) is -0.392. The fourth-order valence-corrected chi connectivity index (χ4v) is 3.77. The number of pyridine rings is 1. The molecule has 7 nitrogen and oxygen atoms in total. The van der Waals surface area contributed by atoms with E-state index >= 15 is 0 Å². The lowest BCUT2D eigenvalue weighted by atomic mass is 10.0. The van der Waals surface area contributed by atoms with Crippen molar-refractivity contribution in [3.8, 4) is 16.8 Å². The van der Waals surface area contributed by atoms with Gasteiger partial charge in [-0.15, -0.1) is 0 Å². The van der Waals surface area contributed by atoms with Gasteiger partial charge in [0.15, 0.2) is 5.82 Å². The molecule has 0 spiro atoms. The standard InChI is InChI=1S/C25H22F3N3O4/c1-12-22(13(2)35-30-12)14-6-7-15-20(8-14)31(11-18(28)23(15)32)21-10-19(16(26)9-17(21)27)29-24(33)34-25(3,4)5/h6-11H,1-5H3,(H,29,33). The molecule has 2 aromatic carbocycles. The van der Waals surface area contributed by atoms with Crippen LogP contribution in [-0.4, -0.2) is 21.4 Å². The van der Waals surface area contributed by atoms with Gasteiger partial charge >= 0.3 is 6.09 Å². The third-order valence-corrected chi connectivity index (χ3v) is 5.21. The first kappa shape index (κ1) is 24.1. The number of hydrogen-bond donors (Lipinski definition) is 1. The summed E-state index contributed by atoms with van der Waals surface area (Å²) in [6, 6.07) is 6.14. The molecule has 1 N–H and O–H groups in total. The minimum atomic E-state index is -1.13. The lowest BCUT2D eigenvalue weighted by Gasteiger charge is -2.20. The topological polar surface area (TPSA) is 86.4 Å². The first-order valence-corrected chi connectivity index (χ1v) is 10.6. The number of halogens is 3. The molecule has 0 aliphatic rings. The van der Waals surface area contributed by atoms with Gasteiger partial charge in [0, 0.05) is 23.2 Å². The number of aryl methyl sites for hydroxylation is 2. The molecule has 1 amide bonds. The molecule has 0 aliphatic heterocycles. The maximum atomic E-state index is 15.0. The number of anilines is 1. The largest absolute Gasteiger partial charge is 0.444 e. The molecular weight excluding hydrogens is 463 g/mol. The second-order valence-corrected chi connectivity index (χ2v) is 9.02. The maximum absolute atomic E-state index is 15.0. The van der Waals surface area contributed by atoms with E-state index in [1.54, 1.807) is 46.8 Å².